The van der Waals surface area contributed by atoms with Crippen LogP contribution in [0.3, 0.4) is 0 Å². The highest BCUT2D eigenvalue weighted by Gasteiger charge is 2.18. The fourth-order valence-corrected chi connectivity index (χ4v) is 3.30. The molecule has 0 aromatic carbocycles. The average Bonchev–Trinajstić information content (AvgIpc) is 2.47. The van der Waals surface area contributed by atoms with Crippen LogP contribution in [0.4, 0.5) is 0 Å². The van der Waals surface area contributed by atoms with Gasteiger partial charge in [0.05, 0.1) is 0 Å². The Morgan fingerprint density at radius 3 is 2.55 bits per heavy atom. The van der Waals surface area contributed by atoms with Gasteiger partial charge in [0.25, 0.3) is 0 Å². The molecule has 1 saturated carbocycles. The number of unbranched alkanes of at least 4 members (excludes halogenated alkanes) is 1. The van der Waals surface area contributed by atoms with E-state index in [1.165, 1.54) is 51.4 Å². The van der Waals surface area contributed by atoms with Crippen molar-refractivity contribution in [1.29, 1.82) is 0 Å². The molecule has 1 rings (SSSR count). The molecule has 0 spiro atoms. The first kappa shape index (κ1) is 17.2. The molecule has 1 heteroatoms. The number of hydrogen-bond donors (Lipinski definition) is 0. The van der Waals surface area contributed by atoms with Crippen molar-refractivity contribution < 1.29 is 0 Å². The first-order valence-electron chi connectivity index (χ1n) is 8.47. The molecule has 0 aromatic rings. The van der Waals surface area contributed by atoms with E-state index in [9.17, 15) is 0 Å². The Morgan fingerprint density at radius 2 is 1.95 bits per heavy atom. The molecule has 0 heterocycles. The standard InChI is InChI=1S/C19H33N/c1-5-7-11-19(20(4)6-2)12-9-8-10-18-15-13-17(3)14-16-18/h2,5,7,17-19H,8-16H2,1,3-4H3/b7-5-. The third kappa shape index (κ3) is 6.51. The van der Waals surface area contributed by atoms with Crippen molar-refractivity contribution in [2.45, 2.75) is 77.7 Å². The Balaban J connectivity index is 2.18. The number of nitrogens with zero attached hydrogens (tertiary/aromatic N) is 1. The van der Waals surface area contributed by atoms with Crippen molar-refractivity contribution in [1.82, 2.24) is 4.90 Å². The van der Waals surface area contributed by atoms with E-state index in [0.717, 1.165) is 18.3 Å². The highest BCUT2D eigenvalue weighted by Crippen LogP contribution is 2.31. The minimum Gasteiger partial charge on any atom is -0.333 e. The number of terminal acetylenes is 1. The van der Waals surface area contributed by atoms with Gasteiger partial charge in [-0.1, -0.05) is 70.4 Å². The fraction of sp³-hybridized carbons (Fsp3) is 0.789. The lowest BCUT2D eigenvalue weighted by atomic mass is 9.80. The number of hydrogen-bond acceptors (Lipinski definition) is 1. The molecule has 0 amide bonds. The van der Waals surface area contributed by atoms with Crippen LogP contribution in [-0.2, 0) is 0 Å². The first-order valence-corrected chi connectivity index (χ1v) is 8.47. The van der Waals surface area contributed by atoms with E-state index in [2.05, 4.69) is 32.0 Å². The second-order valence-electron chi connectivity index (χ2n) is 6.61. The van der Waals surface area contributed by atoms with Crippen LogP contribution in [0.5, 0.6) is 0 Å². The van der Waals surface area contributed by atoms with Gasteiger partial charge in [0.15, 0.2) is 0 Å². The van der Waals surface area contributed by atoms with Gasteiger partial charge in [0.1, 0.15) is 0 Å². The van der Waals surface area contributed by atoms with Crippen molar-refractivity contribution in [3.8, 4) is 12.5 Å². The average molecular weight is 275 g/mol. The molecular weight excluding hydrogens is 242 g/mol. The molecule has 0 aliphatic heterocycles. The maximum absolute atomic E-state index is 5.53. The molecule has 0 saturated heterocycles. The van der Waals surface area contributed by atoms with Gasteiger partial charge in [0, 0.05) is 19.1 Å². The van der Waals surface area contributed by atoms with Crippen LogP contribution in [0.1, 0.15) is 71.6 Å². The quantitative estimate of drug-likeness (QED) is 0.254. The summed E-state index contributed by atoms with van der Waals surface area (Å²) in [4.78, 5) is 2.04. The Bertz CT molecular complexity index is 304. The predicted octanol–water partition coefficient (Wildman–Crippen LogP) is 5.23. The van der Waals surface area contributed by atoms with Crippen LogP contribution in [0.25, 0.3) is 0 Å². The summed E-state index contributed by atoms with van der Waals surface area (Å²) in [5.74, 6) is 1.98. The van der Waals surface area contributed by atoms with Gasteiger partial charge in [-0.25, -0.2) is 0 Å². The van der Waals surface area contributed by atoms with E-state index in [0.29, 0.717) is 6.04 Å². The molecule has 1 nitrogen and oxygen atoms in total. The Labute approximate surface area is 126 Å². The minimum atomic E-state index is 0.516. The zero-order valence-corrected chi connectivity index (χ0v) is 13.8. The normalized spacial score (nSPS) is 24.5. The summed E-state index contributed by atoms with van der Waals surface area (Å²) >= 11 is 0. The summed E-state index contributed by atoms with van der Waals surface area (Å²) in [6.07, 6.45) is 22.2. The van der Waals surface area contributed by atoms with E-state index in [-0.39, 0.29) is 0 Å². The summed E-state index contributed by atoms with van der Waals surface area (Å²) in [6.45, 7) is 4.48. The van der Waals surface area contributed by atoms with Crippen molar-refractivity contribution in [2.75, 3.05) is 7.05 Å². The van der Waals surface area contributed by atoms with Crippen LogP contribution in [0, 0.1) is 24.3 Å². The molecule has 1 unspecified atom stereocenters. The minimum absolute atomic E-state index is 0.516. The molecule has 0 radical (unpaired) electrons. The molecule has 1 aliphatic carbocycles. The molecule has 1 atom stereocenters. The lowest BCUT2D eigenvalue weighted by Gasteiger charge is -2.27. The van der Waals surface area contributed by atoms with Gasteiger partial charge in [0.2, 0.25) is 0 Å². The molecule has 0 bridgehead atoms. The SMILES string of the molecule is C#CN(C)C(C/C=C\C)CCCCC1CCC(C)CC1. The van der Waals surface area contributed by atoms with E-state index in [1.807, 2.05) is 11.9 Å². The highest BCUT2D eigenvalue weighted by molar-refractivity contribution is 4.92. The highest BCUT2D eigenvalue weighted by atomic mass is 15.1. The second kappa shape index (κ2) is 9.92. The first-order chi connectivity index (χ1) is 9.67. The fourth-order valence-electron chi connectivity index (χ4n) is 3.30. The molecule has 0 N–H and O–H groups in total. The zero-order valence-electron chi connectivity index (χ0n) is 13.8. The third-order valence-corrected chi connectivity index (χ3v) is 4.93. The van der Waals surface area contributed by atoms with Crippen LogP contribution >= 0.6 is 0 Å². The van der Waals surface area contributed by atoms with E-state index in [1.54, 1.807) is 0 Å². The molecule has 114 valence electrons. The Kier molecular flexibility index (Phi) is 8.51. The summed E-state index contributed by atoms with van der Waals surface area (Å²) in [7, 11) is 2.04. The van der Waals surface area contributed by atoms with E-state index >= 15 is 0 Å². The van der Waals surface area contributed by atoms with E-state index in [4.69, 9.17) is 6.42 Å². The van der Waals surface area contributed by atoms with Crippen LogP contribution < -0.4 is 0 Å². The largest absolute Gasteiger partial charge is 0.333 e. The molecular formula is C19H33N. The lowest BCUT2D eigenvalue weighted by Crippen LogP contribution is -2.26. The van der Waals surface area contributed by atoms with Crippen molar-refractivity contribution in [3.63, 3.8) is 0 Å². The zero-order chi connectivity index (χ0) is 14.8. The maximum Gasteiger partial charge on any atom is 0.0402 e. The second-order valence-corrected chi connectivity index (χ2v) is 6.61. The number of rotatable bonds is 8. The summed E-state index contributed by atoms with van der Waals surface area (Å²) in [5, 5.41) is 0. The smallest absolute Gasteiger partial charge is 0.0402 e. The lowest BCUT2D eigenvalue weighted by molar-refractivity contribution is 0.265. The van der Waals surface area contributed by atoms with Crippen molar-refractivity contribution in [3.05, 3.63) is 12.2 Å². The van der Waals surface area contributed by atoms with Crippen molar-refractivity contribution in [2.24, 2.45) is 11.8 Å². The topological polar surface area (TPSA) is 3.24 Å². The monoisotopic (exact) mass is 275 g/mol. The Hall–Kier alpha value is -0.900. The van der Waals surface area contributed by atoms with Crippen LogP contribution in [0.2, 0.25) is 0 Å². The maximum atomic E-state index is 5.53. The van der Waals surface area contributed by atoms with Crippen molar-refractivity contribution >= 4 is 0 Å². The molecule has 1 aliphatic rings. The molecule has 0 aromatic heterocycles. The molecule has 20 heavy (non-hydrogen) atoms. The third-order valence-electron chi connectivity index (χ3n) is 4.93. The van der Waals surface area contributed by atoms with Crippen LogP contribution in [0.15, 0.2) is 12.2 Å². The molecule has 1 fully saturated rings. The number of allylic oxidation sites excluding steroid dienone is 1. The van der Waals surface area contributed by atoms with Gasteiger partial charge in [-0.3, -0.25) is 0 Å². The van der Waals surface area contributed by atoms with Crippen LogP contribution in [-0.4, -0.2) is 18.0 Å². The van der Waals surface area contributed by atoms with Gasteiger partial charge in [-0.2, -0.15) is 0 Å². The summed E-state index contributed by atoms with van der Waals surface area (Å²) in [5.41, 5.74) is 0. The van der Waals surface area contributed by atoms with Gasteiger partial charge < -0.3 is 4.90 Å². The summed E-state index contributed by atoms with van der Waals surface area (Å²) in [6, 6.07) is 3.28. The van der Waals surface area contributed by atoms with Gasteiger partial charge >= 0.3 is 0 Å². The Morgan fingerprint density at radius 1 is 1.25 bits per heavy atom. The van der Waals surface area contributed by atoms with Gasteiger partial charge in [-0.15, -0.1) is 0 Å². The van der Waals surface area contributed by atoms with E-state index < -0.39 is 0 Å². The van der Waals surface area contributed by atoms with Gasteiger partial charge in [-0.05, 0) is 31.6 Å². The summed E-state index contributed by atoms with van der Waals surface area (Å²) < 4.78 is 0. The predicted molar refractivity (Wildman–Crippen MR) is 89.4 cm³/mol.